The molecule has 0 radical (unpaired) electrons. The van der Waals surface area contributed by atoms with E-state index in [0.29, 0.717) is 6.42 Å². The van der Waals surface area contributed by atoms with Gasteiger partial charge in [0.2, 0.25) is 0 Å². The summed E-state index contributed by atoms with van der Waals surface area (Å²) < 4.78 is 18.0. The molecule has 0 fully saturated rings. The Morgan fingerprint density at radius 2 is 2.15 bits per heavy atom. The fourth-order valence-corrected chi connectivity index (χ4v) is 1.56. The first-order valence-corrected chi connectivity index (χ1v) is 4.32. The second kappa shape index (κ2) is 3.21. The van der Waals surface area contributed by atoms with Crippen LogP contribution >= 0.6 is 0 Å². The minimum absolute atomic E-state index is 0.0299. The number of ether oxygens (including phenoxy) is 1. The fraction of sp³-hybridized carbons (Fsp3) is 0.273. The van der Waals surface area contributed by atoms with Crippen molar-refractivity contribution in [1.82, 2.24) is 0 Å². The minimum Gasteiger partial charge on any atom is -0.497 e. The summed E-state index contributed by atoms with van der Waals surface area (Å²) in [7, 11) is 1.64. The van der Waals surface area contributed by atoms with Gasteiger partial charge in [0.25, 0.3) is 0 Å². The van der Waals surface area contributed by atoms with Gasteiger partial charge in [0.05, 0.1) is 7.11 Å². The minimum atomic E-state index is -0.0299. The van der Waals surface area contributed by atoms with Crippen LogP contribution in [0.25, 0.3) is 6.08 Å². The second-order valence-electron chi connectivity index (χ2n) is 3.16. The Labute approximate surface area is 76.8 Å². The molecule has 0 unspecified atom stereocenters. The summed E-state index contributed by atoms with van der Waals surface area (Å²) in [6, 6.07) is 5.72. The van der Waals surface area contributed by atoms with E-state index >= 15 is 0 Å². The molecule has 0 atom stereocenters. The van der Waals surface area contributed by atoms with Gasteiger partial charge in [-0.15, -0.1) is 0 Å². The largest absolute Gasteiger partial charge is 0.497 e. The molecular weight excluding hydrogens is 167 g/mol. The van der Waals surface area contributed by atoms with Crippen LogP contribution in [0.1, 0.15) is 17.5 Å². The Balaban J connectivity index is 2.43. The highest BCUT2D eigenvalue weighted by Crippen LogP contribution is 2.27. The molecule has 13 heavy (non-hydrogen) atoms. The molecule has 1 aromatic carbocycles. The molecule has 0 spiro atoms. The number of fused-ring (bicyclic) bond motifs is 1. The maximum Gasteiger partial charge on any atom is 0.119 e. The van der Waals surface area contributed by atoms with Gasteiger partial charge in [-0.05, 0) is 35.8 Å². The van der Waals surface area contributed by atoms with Gasteiger partial charge in [-0.25, -0.2) is 4.39 Å². The molecule has 2 rings (SSSR count). The molecular formula is C11H11FO. The summed E-state index contributed by atoms with van der Waals surface area (Å²) in [5.74, 6) is 0.812. The smallest absolute Gasteiger partial charge is 0.119 e. The first-order valence-electron chi connectivity index (χ1n) is 4.32. The molecule has 0 saturated carbocycles. The average molecular weight is 178 g/mol. The van der Waals surface area contributed by atoms with Gasteiger partial charge < -0.3 is 4.74 Å². The van der Waals surface area contributed by atoms with Crippen LogP contribution in [0.4, 0.5) is 4.39 Å². The highest BCUT2D eigenvalue weighted by atomic mass is 19.1. The van der Waals surface area contributed by atoms with Gasteiger partial charge in [0.15, 0.2) is 0 Å². The molecule has 2 heteroatoms. The number of hydrogen-bond acceptors (Lipinski definition) is 1. The number of methoxy groups -OCH3 is 1. The third-order valence-electron chi connectivity index (χ3n) is 2.30. The van der Waals surface area contributed by atoms with Crippen molar-refractivity contribution < 1.29 is 9.13 Å². The van der Waals surface area contributed by atoms with Crippen LogP contribution in [0.15, 0.2) is 24.0 Å². The molecule has 0 aliphatic heterocycles. The number of rotatable bonds is 1. The van der Waals surface area contributed by atoms with E-state index < -0.39 is 0 Å². The number of hydrogen-bond donors (Lipinski definition) is 0. The third kappa shape index (κ3) is 1.57. The van der Waals surface area contributed by atoms with Gasteiger partial charge in [0, 0.05) is 6.42 Å². The first kappa shape index (κ1) is 8.30. The Hall–Kier alpha value is -1.31. The SMILES string of the molecule is COc1ccc2c(c1)CCC(F)=C2. The van der Waals surface area contributed by atoms with Crippen molar-refractivity contribution in [1.29, 1.82) is 0 Å². The summed E-state index contributed by atoms with van der Waals surface area (Å²) >= 11 is 0. The summed E-state index contributed by atoms with van der Waals surface area (Å²) in [6.45, 7) is 0. The predicted molar refractivity (Wildman–Crippen MR) is 50.4 cm³/mol. The Bertz CT molecular complexity index is 355. The number of allylic oxidation sites excluding steroid dienone is 1. The van der Waals surface area contributed by atoms with Crippen molar-refractivity contribution in [2.75, 3.05) is 7.11 Å². The Morgan fingerprint density at radius 3 is 2.92 bits per heavy atom. The first-order chi connectivity index (χ1) is 6.29. The fourth-order valence-electron chi connectivity index (χ4n) is 1.56. The lowest BCUT2D eigenvalue weighted by Gasteiger charge is -2.12. The lowest BCUT2D eigenvalue weighted by molar-refractivity contribution is 0.414. The van der Waals surface area contributed by atoms with Gasteiger partial charge in [-0.3, -0.25) is 0 Å². The van der Waals surface area contributed by atoms with Crippen molar-refractivity contribution >= 4 is 6.08 Å². The van der Waals surface area contributed by atoms with Crippen LogP contribution in [-0.2, 0) is 6.42 Å². The highest BCUT2D eigenvalue weighted by molar-refractivity contribution is 5.59. The molecule has 0 N–H and O–H groups in total. The van der Waals surface area contributed by atoms with Crippen molar-refractivity contribution in [2.24, 2.45) is 0 Å². The zero-order valence-electron chi connectivity index (χ0n) is 7.51. The zero-order chi connectivity index (χ0) is 9.26. The lowest BCUT2D eigenvalue weighted by atomic mass is 9.97. The number of benzene rings is 1. The zero-order valence-corrected chi connectivity index (χ0v) is 7.51. The van der Waals surface area contributed by atoms with E-state index in [2.05, 4.69) is 0 Å². The van der Waals surface area contributed by atoms with E-state index in [1.165, 1.54) is 5.56 Å². The third-order valence-corrected chi connectivity index (χ3v) is 2.30. The van der Waals surface area contributed by atoms with Crippen molar-refractivity contribution in [2.45, 2.75) is 12.8 Å². The van der Waals surface area contributed by atoms with Crippen LogP contribution in [0.5, 0.6) is 5.75 Å². The van der Waals surface area contributed by atoms with Crippen LogP contribution in [0, 0.1) is 0 Å². The maximum atomic E-state index is 12.9. The summed E-state index contributed by atoms with van der Waals surface area (Å²) in [5.41, 5.74) is 2.14. The standard InChI is InChI=1S/C11H11FO/c1-13-11-5-3-8-6-10(12)4-2-9(8)7-11/h3,5-7H,2,4H2,1H3. The summed E-state index contributed by atoms with van der Waals surface area (Å²) in [4.78, 5) is 0. The molecule has 1 aromatic rings. The predicted octanol–water partition coefficient (Wildman–Crippen LogP) is 2.95. The van der Waals surface area contributed by atoms with Crippen LogP contribution < -0.4 is 4.74 Å². The van der Waals surface area contributed by atoms with Crippen molar-refractivity contribution in [3.05, 3.63) is 35.2 Å². The van der Waals surface area contributed by atoms with Gasteiger partial charge >= 0.3 is 0 Å². The van der Waals surface area contributed by atoms with Crippen LogP contribution in [-0.4, -0.2) is 7.11 Å². The average Bonchev–Trinajstić information content (AvgIpc) is 2.17. The summed E-state index contributed by atoms with van der Waals surface area (Å²) in [5, 5.41) is 0. The van der Waals surface area contributed by atoms with Crippen LogP contribution in [0.2, 0.25) is 0 Å². The quantitative estimate of drug-likeness (QED) is 0.642. The molecule has 1 aliphatic carbocycles. The van der Waals surface area contributed by atoms with Crippen LogP contribution in [0.3, 0.4) is 0 Å². The highest BCUT2D eigenvalue weighted by Gasteiger charge is 2.10. The van der Waals surface area contributed by atoms with Gasteiger partial charge in [-0.1, -0.05) is 6.07 Å². The van der Waals surface area contributed by atoms with E-state index in [9.17, 15) is 4.39 Å². The molecule has 0 aromatic heterocycles. The topological polar surface area (TPSA) is 9.23 Å². The van der Waals surface area contributed by atoms with E-state index in [4.69, 9.17) is 4.74 Å². The second-order valence-corrected chi connectivity index (χ2v) is 3.16. The molecule has 0 amide bonds. The molecule has 68 valence electrons. The number of aryl methyl sites for hydroxylation is 1. The monoisotopic (exact) mass is 178 g/mol. The lowest BCUT2D eigenvalue weighted by Crippen LogP contribution is -1.97. The molecule has 0 heterocycles. The van der Waals surface area contributed by atoms with Crippen molar-refractivity contribution in [3.8, 4) is 5.75 Å². The van der Waals surface area contributed by atoms with E-state index in [1.807, 2.05) is 18.2 Å². The Morgan fingerprint density at radius 1 is 1.31 bits per heavy atom. The molecule has 1 nitrogen and oxygen atoms in total. The van der Waals surface area contributed by atoms with Gasteiger partial charge in [-0.2, -0.15) is 0 Å². The molecule has 1 aliphatic rings. The Kier molecular flexibility index (Phi) is 2.05. The van der Waals surface area contributed by atoms with Crippen molar-refractivity contribution in [3.63, 3.8) is 0 Å². The van der Waals surface area contributed by atoms with E-state index in [-0.39, 0.29) is 5.83 Å². The van der Waals surface area contributed by atoms with E-state index in [1.54, 1.807) is 13.2 Å². The molecule has 0 bridgehead atoms. The number of halogens is 1. The molecule has 0 saturated heterocycles. The van der Waals surface area contributed by atoms with Gasteiger partial charge in [0.1, 0.15) is 11.6 Å². The van der Waals surface area contributed by atoms with E-state index in [0.717, 1.165) is 17.7 Å². The normalized spacial score (nSPS) is 14.8. The summed E-state index contributed by atoms with van der Waals surface area (Å²) in [6.07, 6.45) is 2.88. The maximum absolute atomic E-state index is 12.9.